The number of rotatable bonds is 5. The van der Waals surface area contributed by atoms with Gasteiger partial charge in [0.25, 0.3) is 0 Å². The fourth-order valence-electron chi connectivity index (χ4n) is 3.65. The Hall–Kier alpha value is -1.22. The molecule has 116 valence electrons. The molecular formula is C18H27NO2. The quantitative estimate of drug-likeness (QED) is 0.838. The minimum absolute atomic E-state index is 0.666. The first kappa shape index (κ1) is 14.7. The van der Waals surface area contributed by atoms with Crippen molar-refractivity contribution in [2.75, 3.05) is 26.3 Å². The van der Waals surface area contributed by atoms with Crippen LogP contribution in [0, 0.1) is 5.92 Å². The zero-order valence-corrected chi connectivity index (χ0v) is 13.1. The fraction of sp³-hybridized carbons (Fsp3) is 0.667. The van der Waals surface area contributed by atoms with Crippen molar-refractivity contribution < 1.29 is 9.47 Å². The molecule has 21 heavy (non-hydrogen) atoms. The van der Waals surface area contributed by atoms with Crippen molar-refractivity contribution in [1.29, 1.82) is 0 Å². The summed E-state index contributed by atoms with van der Waals surface area (Å²) in [6.45, 7) is 5.84. The topological polar surface area (TPSA) is 30.5 Å². The third-order valence-electron chi connectivity index (χ3n) is 4.74. The lowest BCUT2D eigenvalue weighted by Gasteiger charge is -2.33. The summed E-state index contributed by atoms with van der Waals surface area (Å²) in [5.41, 5.74) is 1.43. The van der Waals surface area contributed by atoms with Crippen LogP contribution in [-0.2, 0) is 0 Å². The molecule has 0 saturated heterocycles. The normalized spacial score (nSPS) is 24.8. The molecule has 1 N–H and O–H groups in total. The highest BCUT2D eigenvalue weighted by Crippen LogP contribution is 2.41. The second-order valence-corrected chi connectivity index (χ2v) is 6.26. The zero-order chi connectivity index (χ0) is 14.5. The number of fused-ring (bicyclic) bond motifs is 1. The molecule has 1 saturated carbocycles. The molecule has 1 aliphatic heterocycles. The highest BCUT2D eigenvalue weighted by molar-refractivity contribution is 5.45. The lowest BCUT2D eigenvalue weighted by Crippen LogP contribution is -2.30. The third-order valence-corrected chi connectivity index (χ3v) is 4.74. The van der Waals surface area contributed by atoms with E-state index in [1.807, 2.05) is 0 Å². The Balaban J connectivity index is 1.73. The zero-order valence-electron chi connectivity index (χ0n) is 13.1. The lowest BCUT2D eigenvalue weighted by atomic mass is 9.75. The number of hydrogen-bond acceptors (Lipinski definition) is 3. The van der Waals surface area contributed by atoms with Gasteiger partial charge >= 0.3 is 0 Å². The molecule has 0 aromatic heterocycles. The van der Waals surface area contributed by atoms with Crippen molar-refractivity contribution in [2.24, 2.45) is 5.92 Å². The van der Waals surface area contributed by atoms with Gasteiger partial charge in [0.1, 0.15) is 13.2 Å². The average Bonchev–Trinajstić information content (AvgIpc) is 2.55. The van der Waals surface area contributed by atoms with Gasteiger partial charge in [0.15, 0.2) is 11.5 Å². The van der Waals surface area contributed by atoms with Crippen molar-refractivity contribution in [1.82, 2.24) is 5.32 Å². The van der Waals surface area contributed by atoms with Gasteiger partial charge in [-0.3, -0.25) is 0 Å². The molecule has 0 amide bonds. The first-order valence-electron chi connectivity index (χ1n) is 8.48. The maximum atomic E-state index is 5.75. The molecule has 3 nitrogen and oxygen atoms in total. The molecule has 0 radical (unpaired) electrons. The van der Waals surface area contributed by atoms with Gasteiger partial charge in [-0.15, -0.1) is 0 Å². The van der Waals surface area contributed by atoms with Crippen molar-refractivity contribution >= 4 is 0 Å². The number of benzene rings is 1. The van der Waals surface area contributed by atoms with Gasteiger partial charge in [0, 0.05) is 0 Å². The highest BCUT2D eigenvalue weighted by atomic mass is 16.6. The third kappa shape index (κ3) is 3.52. The van der Waals surface area contributed by atoms with E-state index in [0.717, 1.165) is 30.5 Å². The van der Waals surface area contributed by atoms with Crippen molar-refractivity contribution in [3.8, 4) is 11.5 Å². The molecule has 1 aliphatic carbocycles. The second-order valence-electron chi connectivity index (χ2n) is 6.26. The van der Waals surface area contributed by atoms with Crippen molar-refractivity contribution in [3.05, 3.63) is 23.8 Å². The summed E-state index contributed by atoms with van der Waals surface area (Å²) in [4.78, 5) is 0. The van der Waals surface area contributed by atoms with Crippen LogP contribution in [-0.4, -0.2) is 26.3 Å². The van der Waals surface area contributed by atoms with Gasteiger partial charge in [-0.1, -0.05) is 25.8 Å². The second kappa shape index (κ2) is 7.17. The number of hydrogen-bond donors (Lipinski definition) is 1. The van der Waals surface area contributed by atoms with E-state index in [-0.39, 0.29) is 0 Å². The maximum absolute atomic E-state index is 5.75. The molecule has 1 fully saturated rings. The molecule has 2 aliphatic rings. The smallest absolute Gasteiger partial charge is 0.161 e. The highest BCUT2D eigenvalue weighted by Gasteiger charge is 2.27. The number of ether oxygens (including phenoxy) is 2. The van der Waals surface area contributed by atoms with Crippen molar-refractivity contribution in [2.45, 2.75) is 44.9 Å². The van der Waals surface area contributed by atoms with Crippen LogP contribution in [0.4, 0.5) is 0 Å². The predicted octanol–water partition coefficient (Wildman–Crippen LogP) is 3.73. The molecule has 0 bridgehead atoms. The fourth-order valence-corrected chi connectivity index (χ4v) is 3.65. The molecular weight excluding hydrogens is 262 g/mol. The Kier molecular flexibility index (Phi) is 5.02. The van der Waals surface area contributed by atoms with Crippen molar-refractivity contribution in [3.63, 3.8) is 0 Å². The molecule has 3 rings (SSSR count). The lowest BCUT2D eigenvalue weighted by molar-refractivity contribution is 0.171. The molecule has 2 atom stereocenters. The largest absolute Gasteiger partial charge is 0.486 e. The Bertz CT molecular complexity index is 461. The molecule has 1 aromatic carbocycles. The Morgan fingerprint density at radius 3 is 2.76 bits per heavy atom. The van der Waals surface area contributed by atoms with E-state index in [4.69, 9.17) is 9.47 Å². The summed E-state index contributed by atoms with van der Waals surface area (Å²) in [6.07, 6.45) is 6.58. The maximum Gasteiger partial charge on any atom is 0.161 e. The summed E-state index contributed by atoms with van der Waals surface area (Å²) in [6, 6.07) is 6.56. The summed E-state index contributed by atoms with van der Waals surface area (Å²) >= 11 is 0. The van der Waals surface area contributed by atoms with Gasteiger partial charge in [-0.05, 0) is 61.9 Å². The molecule has 1 heterocycles. The van der Waals surface area contributed by atoms with E-state index in [9.17, 15) is 0 Å². The molecule has 1 aromatic rings. The monoisotopic (exact) mass is 289 g/mol. The standard InChI is InChI=1S/C18H27NO2/c1-2-9-19-13-15-5-3-4-6-16(15)14-7-8-17-18(12-14)21-11-10-20-17/h7-8,12,15-16,19H,2-6,9-11,13H2,1H3. The van der Waals surface area contributed by atoms with E-state index in [0.29, 0.717) is 19.1 Å². The van der Waals surface area contributed by atoms with Gasteiger partial charge in [-0.25, -0.2) is 0 Å². The van der Waals surface area contributed by atoms with Crippen LogP contribution in [0.15, 0.2) is 18.2 Å². The van der Waals surface area contributed by atoms with Gasteiger partial charge in [0.05, 0.1) is 0 Å². The van der Waals surface area contributed by atoms with Gasteiger partial charge < -0.3 is 14.8 Å². The first-order chi connectivity index (χ1) is 10.4. The SMILES string of the molecule is CCCNCC1CCCCC1c1ccc2c(c1)OCCO2. The Morgan fingerprint density at radius 1 is 1.10 bits per heavy atom. The average molecular weight is 289 g/mol. The summed E-state index contributed by atoms with van der Waals surface area (Å²) in [5.74, 6) is 3.26. The van der Waals surface area contributed by atoms with E-state index >= 15 is 0 Å². The summed E-state index contributed by atoms with van der Waals surface area (Å²) in [5, 5.41) is 3.61. The van der Waals surface area contributed by atoms with Crippen LogP contribution < -0.4 is 14.8 Å². The minimum Gasteiger partial charge on any atom is -0.486 e. The van der Waals surface area contributed by atoms with E-state index in [1.165, 1.54) is 37.7 Å². The van der Waals surface area contributed by atoms with Gasteiger partial charge in [0.2, 0.25) is 0 Å². The van der Waals surface area contributed by atoms with E-state index in [2.05, 4.69) is 30.4 Å². The van der Waals surface area contributed by atoms with Crippen LogP contribution >= 0.6 is 0 Å². The van der Waals surface area contributed by atoms with Crippen LogP contribution in [0.1, 0.15) is 50.5 Å². The van der Waals surface area contributed by atoms with Crippen LogP contribution in [0.5, 0.6) is 11.5 Å². The molecule has 3 heteroatoms. The first-order valence-corrected chi connectivity index (χ1v) is 8.48. The molecule has 0 spiro atoms. The Morgan fingerprint density at radius 2 is 1.90 bits per heavy atom. The molecule has 2 unspecified atom stereocenters. The summed E-state index contributed by atoms with van der Waals surface area (Å²) < 4.78 is 11.4. The Labute approximate surface area is 128 Å². The van der Waals surface area contributed by atoms with E-state index < -0.39 is 0 Å². The van der Waals surface area contributed by atoms with Crippen LogP contribution in [0.25, 0.3) is 0 Å². The number of nitrogens with one attached hydrogen (secondary N) is 1. The predicted molar refractivity (Wildman–Crippen MR) is 85.3 cm³/mol. The van der Waals surface area contributed by atoms with E-state index in [1.54, 1.807) is 0 Å². The minimum atomic E-state index is 0.666. The summed E-state index contributed by atoms with van der Waals surface area (Å²) in [7, 11) is 0. The van der Waals surface area contributed by atoms with Gasteiger partial charge in [-0.2, -0.15) is 0 Å². The van der Waals surface area contributed by atoms with Crippen LogP contribution in [0.3, 0.4) is 0 Å². The van der Waals surface area contributed by atoms with Crippen LogP contribution in [0.2, 0.25) is 0 Å².